The Balaban J connectivity index is 1.28. The van der Waals surface area contributed by atoms with E-state index < -0.39 is 0 Å². The Morgan fingerprint density at radius 3 is 2.88 bits per heavy atom. The van der Waals surface area contributed by atoms with E-state index in [-0.39, 0.29) is 5.91 Å². The normalized spacial score (nSPS) is 15.9. The molecule has 1 aliphatic heterocycles. The molecular formula is C29H30N4O. The molecule has 2 aromatic heterocycles. The Hall–Kier alpha value is -3.73. The number of rotatable bonds is 6. The number of pyridine rings is 2. The number of aromatic nitrogens is 2. The standard InChI is InChI=1S/C29H30N4O/c1-21-11-12-25(17-28(21)32-19-23-6-3-13-30-18-23)29(34)33-15-5-7-22(20-33)16-24-8-2-10-27-26(24)9-4-14-31-27/h2-4,6,8-14,17-18,22,32H,5,7,15-16,19-20H2,1H3. The molecule has 0 spiro atoms. The van der Waals surface area contributed by atoms with E-state index >= 15 is 0 Å². The lowest BCUT2D eigenvalue weighted by Gasteiger charge is -2.33. The third-order valence-corrected chi connectivity index (χ3v) is 6.74. The lowest BCUT2D eigenvalue weighted by Crippen LogP contribution is -2.40. The smallest absolute Gasteiger partial charge is 0.253 e. The van der Waals surface area contributed by atoms with Gasteiger partial charge in [-0.3, -0.25) is 14.8 Å². The number of fused-ring (bicyclic) bond motifs is 1. The van der Waals surface area contributed by atoms with Gasteiger partial charge in [0.05, 0.1) is 5.52 Å². The number of aryl methyl sites for hydroxylation is 1. The number of nitrogens with zero attached hydrogens (tertiary/aromatic N) is 3. The maximum absolute atomic E-state index is 13.4. The third kappa shape index (κ3) is 4.93. The van der Waals surface area contributed by atoms with Crippen LogP contribution in [-0.4, -0.2) is 33.9 Å². The molecule has 1 atom stereocenters. The molecule has 172 valence electrons. The van der Waals surface area contributed by atoms with Crippen LogP contribution in [0.5, 0.6) is 0 Å². The van der Waals surface area contributed by atoms with Crippen LogP contribution in [0.2, 0.25) is 0 Å². The van der Waals surface area contributed by atoms with Gasteiger partial charge in [0.1, 0.15) is 0 Å². The predicted molar refractivity (Wildman–Crippen MR) is 137 cm³/mol. The van der Waals surface area contributed by atoms with E-state index in [4.69, 9.17) is 0 Å². The van der Waals surface area contributed by atoms with Crippen LogP contribution in [0.3, 0.4) is 0 Å². The van der Waals surface area contributed by atoms with Crippen molar-refractivity contribution in [3.05, 3.63) is 102 Å². The van der Waals surface area contributed by atoms with Crippen LogP contribution in [0.25, 0.3) is 10.9 Å². The number of anilines is 1. The van der Waals surface area contributed by atoms with E-state index in [1.165, 1.54) is 10.9 Å². The maximum atomic E-state index is 13.4. The summed E-state index contributed by atoms with van der Waals surface area (Å²) in [4.78, 5) is 24.1. The number of hydrogen-bond donors (Lipinski definition) is 1. The highest BCUT2D eigenvalue weighted by Crippen LogP contribution is 2.27. The first-order valence-corrected chi connectivity index (χ1v) is 12.0. The largest absolute Gasteiger partial charge is 0.381 e. The van der Waals surface area contributed by atoms with Crippen molar-refractivity contribution in [1.82, 2.24) is 14.9 Å². The van der Waals surface area contributed by atoms with Crippen molar-refractivity contribution in [2.45, 2.75) is 32.7 Å². The number of amides is 1. The van der Waals surface area contributed by atoms with Crippen molar-refractivity contribution in [2.24, 2.45) is 5.92 Å². The third-order valence-electron chi connectivity index (χ3n) is 6.74. The molecule has 0 radical (unpaired) electrons. The van der Waals surface area contributed by atoms with Crippen molar-refractivity contribution in [2.75, 3.05) is 18.4 Å². The molecule has 0 saturated carbocycles. The van der Waals surface area contributed by atoms with Gasteiger partial charge in [0.2, 0.25) is 0 Å². The number of carbonyl (C=O) groups is 1. The summed E-state index contributed by atoms with van der Waals surface area (Å²) in [6.07, 6.45) is 8.63. The minimum Gasteiger partial charge on any atom is -0.381 e. The fourth-order valence-electron chi connectivity index (χ4n) is 4.90. The fourth-order valence-corrected chi connectivity index (χ4v) is 4.90. The summed E-state index contributed by atoms with van der Waals surface area (Å²) >= 11 is 0. The van der Waals surface area contributed by atoms with Gasteiger partial charge in [0.25, 0.3) is 5.91 Å². The molecule has 0 bridgehead atoms. The highest BCUT2D eigenvalue weighted by molar-refractivity contribution is 5.95. The summed E-state index contributed by atoms with van der Waals surface area (Å²) < 4.78 is 0. The molecular weight excluding hydrogens is 420 g/mol. The van der Waals surface area contributed by atoms with Gasteiger partial charge in [-0.2, -0.15) is 0 Å². The number of hydrogen-bond acceptors (Lipinski definition) is 4. The first kappa shape index (κ1) is 22.1. The van der Waals surface area contributed by atoms with E-state index in [9.17, 15) is 4.79 Å². The van der Waals surface area contributed by atoms with Crippen LogP contribution in [0.15, 0.2) is 79.3 Å². The summed E-state index contributed by atoms with van der Waals surface area (Å²) in [5.74, 6) is 0.575. The second-order valence-corrected chi connectivity index (χ2v) is 9.20. The van der Waals surface area contributed by atoms with Gasteiger partial charge in [-0.1, -0.05) is 30.3 Å². The van der Waals surface area contributed by atoms with Gasteiger partial charge in [-0.15, -0.1) is 0 Å². The summed E-state index contributed by atoms with van der Waals surface area (Å²) in [5, 5.41) is 4.69. The molecule has 1 N–H and O–H groups in total. The van der Waals surface area contributed by atoms with Gasteiger partial charge >= 0.3 is 0 Å². The fraction of sp³-hybridized carbons (Fsp3) is 0.276. The molecule has 5 rings (SSSR count). The number of benzene rings is 2. The highest BCUT2D eigenvalue weighted by Gasteiger charge is 2.25. The molecule has 5 heteroatoms. The summed E-state index contributed by atoms with van der Waals surface area (Å²) in [5.41, 5.74) is 6.33. The lowest BCUT2D eigenvalue weighted by molar-refractivity contribution is 0.0673. The zero-order chi connectivity index (χ0) is 23.3. The Morgan fingerprint density at radius 1 is 1.09 bits per heavy atom. The molecule has 2 aromatic carbocycles. The number of piperidine rings is 1. The van der Waals surface area contributed by atoms with Crippen LogP contribution in [0, 0.1) is 12.8 Å². The van der Waals surface area contributed by atoms with Gasteiger partial charge in [0, 0.05) is 54.9 Å². The topological polar surface area (TPSA) is 58.1 Å². The second kappa shape index (κ2) is 10.0. The number of likely N-dealkylation sites (tertiary alicyclic amines) is 1. The Kier molecular flexibility index (Phi) is 6.52. The zero-order valence-corrected chi connectivity index (χ0v) is 19.6. The number of nitrogens with one attached hydrogen (secondary N) is 1. The van der Waals surface area contributed by atoms with Crippen LogP contribution < -0.4 is 5.32 Å². The minimum atomic E-state index is 0.119. The maximum Gasteiger partial charge on any atom is 0.253 e. The Bertz CT molecular complexity index is 1280. The van der Waals surface area contributed by atoms with Crippen molar-refractivity contribution in [3.8, 4) is 0 Å². The number of carbonyl (C=O) groups excluding carboxylic acids is 1. The minimum absolute atomic E-state index is 0.119. The van der Waals surface area contributed by atoms with Gasteiger partial charge in [-0.05, 0) is 79.1 Å². The quantitative estimate of drug-likeness (QED) is 0.413. The van der Waals surface area contributed by atoms with Gasteiger partial charge in [-0.25, -0.2) is 0 Å². The first-order valence-electron chi connectivity index (χ1n) is 12.0. The molecule has 1 unspecified atom stereocenters. The van der Waals surface area contributed by atoms with Crippen LogP contribution in [-0.2, 0) is 13.0 Å². The molecule has 1 saturated heterocycles. The van der Waals surface area contributed by atoms with Crippen LogP contribution in [0.1, 0.15) is 39.9 Å². The average Bonchev–Trinajstić information content (AvgIpc) is 2.89. The lowest BCUT2D eigenvalue weighted by atomic mass is 9.89. The first-order chi connectivity index (χ1) is 16.7. The molecule has 3 heterocycles. The molecule has 1 aliphatic rings. The van der Waals surface area contributed by atoms with Crippen molar-refractivity contribution >= 4 is 22.5 Å². The second-order valence-electron chi connectivity index (χ2n) is 9.20. The van der Waals surface area contributed by atoms with E-state index in [1.54, 1.807) is 6.20 Å². The van der Waals surface area contributed by atoms with E-state index in [1.807, 2.05) is 53.7 Å². The summed E-state index contributed by atoms with van der Waals surface area (Å²) in [6, 6.07) is 20.5. The SMILES string of the molecule is Cc1ccc(C(=O)N2CCCC(Cc3cccc4ncccc34)C2)cc1NCc1cccnc1. The van der Waals surface area contributed by atoms with Crippen LogP contribution in [0.4, 0.5) is 5.69 Å². The molecule has 0 aliphatic carbocycles. The predicted octanol–water partition coefficient (Wildman–Crippen LogP) is 5.65. The van der Waals surface area contributed by atoms with Crippen molar-refractivity contribution in [1.29, 1.82) is 0 Å². The molecule has 34 heavy (non-hydrogen) atoms. The van der Waals surface area contributed by atoms with Gasteiger partial charge < -0.3 is 10.2 Å². The van der Waals surface area contributed by atoms with Crippen molar-refractivity contribution in [3.63, 3.8) is 0 Å². The Labute approximate surface area is 200 Å². The van der Waals surface area contributed by atoms with Gasteiger partial charge in [0.15, 0.2) is 0 Å². The molecule has 1 fully saturated rings. The van der Waals surface area contributed by atoms with E-state index in [0.29, 0.717) is 12.5 Å². The zero-order valence-electron chi connectivity index (χ0n) is 19.6. The molecule has 4 aromatic rings. The highest BCUT2D eigenvalue weighted by atomic mass is 16.2. The summed E-state index contributed by atoms with van der Waals surface area (Å²) in [6.45, 7) is 4.36. The summed E-state index contributed by atoms with van der Waals surface area (Å²) in [7, 11) is 0. The average molecular weight is 451 g/mol. The monoisotopic (exact) mass is 450 g/mol. The van der Waals surface area contributed by atoms with Crippen LogP contribution >= 0.6 is 0 Å². The Morgan fingerprint density at radius 2 is 2.00 bits per heavy atom. The molecule has 1 amide bonds. The van der Waals surface area contributed by atoms with E-state index in [2.05, 4.69) is 46.5 Å². The molecule has 5 nitrogen and oxygen atoms in total. The van der Waals surface area contributed by atoms with E-state index in [0.717, 1.165) is 60.2 Å². The van der Waals surface area contributed by atoms with Crippen molar-refractivity contribution < 1.29 is 4.79 Å².